The first kappa shape index (κ1) is 15.3. The van der Waals surface area contributed by atoms with E-state index in [2.05, 4.69) is 32.1 Å². The van der Waals surface area contributed by atoms with E-state index < -0.39 is 0 Å². The standard InChI is InChI=1S/C16H20ClN5S/c1-11-18-13(10-23-11)9-21-4-6-22(7-5-21)15-8-14(17)19-16(20-15)12-2-3-12/h8,10,12H,2-7,9H2,1H3. The number of halogens is 1. The van der Waals surface area contributed by atoms with Gasteiger partial charge in [-0.1, -0.05) is 11.6 Å². The van der Waals surface area contributed by atoms with Crippen molar-refractivity contribution in [1.82, 2.24) is 19.9 Å². The van der Waals surface area contributed by atoms with Gasteiger partial charge in [0, 0.05) is 50.1 Å². The molecule has 4 rings (SSSR count). The smallest absolute Gasteiger partial charge is 0.135 e. The molecule has 23 heavy (non-hydrogen) atoms. The van der Waals surface area contributed by atoms with Crippen LogP contribution in [0.25, 0.3) is 0 Å². The molecule has 0 atom stereocenters. The molecule has 5 nitrogen and oxygen atoms in total. The van der Waals surface area contributed by atoms with Crippen LogP contribution in [0.15, 0.2) is 11.4 Å². The lowest BCUT2D eigenvalue weighted by atomic mass is 10.3. The molecule has 3 heterocycles. The Bertz CT molecular complexity index is 692. The van der Waals surface area contributed by atoms with Crippen LogP contribution < -0.4 is 4.90 Å². The highest BCUT2D eigenvalue weighted by Crippen LogP contribution is 2.39. The van der Waals surface area contributed by atoms with Gasteiger partial charge in [0.15, 0.2) is 0 Å². The minimum absolute atomic E-state index is 0.529. The Morgan fingerprint density at radius 3 is 2.61 bits per heavy atom. The van der Waals surface area contributed by atoms with Crippen molar-refractivity contribution in [2.45, 2.75) is 32.2 Å². The molecule has 0 spiro atoms. The van der Waals surface area contributed by atoms with Crippen molar-refractivity contribution in [3.05, 3.63) is 33.1 Å². The molecule has 7 heteroatoms. The van der Waals surface area contributed by atoms with Crippen molar-refractivity contribution in [2.75, 3.05) is 31.1 Å². The predicted octanol–water partition coefficient (Wildman–Crippen LogP) is 3.09. The van der Waals surface area contributed by atoms with Gasteiger partial charge in [0.1, 0.15) is 16.8 Å². The molecule has 0 unspecified atom stereocenters. The van der Waals surface area contributed by atoms with Gasteiger partial charge in [-0.25, -0.2) is 15.0 Å². The fraction of sp³-hybridized carbons (Fsp3) is 0.562. The van der Waals surface area contributed by atoms with Gasteiger partial charge in [0.2, 0.25) is 0 Å². The van der Waals surface area contributed by atoms with Crippen LogP contribution in [0, 0.1) is 6.92 Å². The monoisotopic (exact) mass is 349 g/mol. The molecule has 0 aromatic carbocycles. The third kappa shape index (κ3) is 3.65. The van der Waals surface area contributed by atoms with Gasteiger partial charge in [0.05, 0.1) is 10.7 Å². The van der Waals surface area contributed by atoms with Gasteiger partial charge < -0.3 is 4.90 Å². The Balaban J connectivity index is 1.39. The molecule has 0 amide bonds. The van der Waals surface area contributed by atoms with Gasteiger partial charge in [-0.2, -0.15) is 0 Å². The number of piperazine rings is 1. The lowest BCUT2D eigenvalue weighted by molar-refractivity contribution is 0.247. The van der Waals surface area contributed by atoms with Crippen LogP contribution in [0.4, 0.5) is 5.82 Å². The highest BCUT2D eigenvalue weighted by molar-refractivity contribution is 7.09. The molecule has 2 aromatic rings. The van der Waals surface area contributed by atoms with Crippen LogP contribution in [-0.2, 0) is 6.54 Å². The number of nitrogens with zero attached hydrogens (tertiary/aromatic N) is 5. The molecule has 0 bridgehead atoms. The van der Waals surface area contributed by atoms with Crippen LogP contribution in [0.5, 0.6) is 0 Å². The molecule has 2 aliphatic rings. The van der Waals surface area contributed by atoms with E-state index >= 15 is 0 Å². The summed E-state index contributed by atoms with van der Waals surface area (Å²) in [6, 6.07) is 1.90. The molecule has 0 radical (unpaired) electrons. The molecule has 2 fully saturated rings. The first-order chi connectivity index (χ1) is 11.2. The molecule has 1 saturated heterocycles. The normalized spacial score (nSPS) is 19.3. The van der Waals surface area contributed by atoms with Crippen molar-refractivity contribution in [3.8, 4) is 0 Å². The Kier molecular flexibility index (Phi) is 4.22. The first-order valence-corrected chi connectivity index (χ1v) is 9.36. The second-order valence-electron chi connectivity index (χ2n) is 6.30. The van der Waals surface area contributed by atoms with Crippen molar-refractivity contribution < 1.29 is 0 Å². The molecule has 1 aliphatic carbocycles. The zero-order chi connectivity index (χ0) is 15.8. The lowest BCUT2D eigenvalue weighted by Gasteiger charge is -2.35. The summed E-state index contributed by atoms with van der Waals surface area (Å²) in [6.45, 7) is 6.99. The van der Waals surface area contributed by atoms with Crippen molar-refractivity contribution in [2.24, 2.45) is 0 Å². The molecule has 2 aromatic heterocycles. The predicted molar refractivity (Wildman–Crippen MR) is 93.4 cm³/mol. The van der Waals surface area contributed by atoms with E-state index in [1.54, 1.807) is 11.3 Å². The van der Waals surface area contributed by atoms with Gasteiger partial charge in [-0.05, 0) is 19.8 Å². The van der Waals surface area contributed by atoms with Crippen molar-refractivity contribution >= 4 is 28.8 Å². The fourth-order valence-electron chi connectivity index (χ4n) is 2.95. The highest BCUT2D eigenvalue weighted by atomic mass is 35.5. The summed E-state index contributed by atoms with van der Waals surface area (Å²) in [5, 5.41) is 3.87. The van der Waals surface area contributed by atoms with Crippen molar-refractivity contribution in [1.29, 1.82) is 0 Å². The first-order valence-electron chi connectivity index (χ1n) is 8.10. The van der Waals surface area contributed by atoms with E-state index in [0.717, 1.165) is 49.4 Å². The van der Waals surface area contributed by atoms with E-state index in [4.69, 9.17) is 16.6 Å². The summed E-state index contributed by atoms with van der Waals surface area (Å²) in [5.74, 6) is 2.44. The van der Waals surface area contributed by atoms with Gasteiger partial charge in [0.25, 0.3) is 0 Å². The topological polar surface area (TPSA) is 45.2 Å². The zero-order valence-electron chi connectivity index (χ0n) is 13.2. The van der Waals surface area contributed by atoms with E-state index in [-0.39, 0.29) is 0 Å². The third-order valence-electron chi connectivity index (χ3n) is 4.39. The van der Waals surface area contributed by atoms with Gasteiger partial charge >= 0.3 is 0 Å². The number of anilines is 1. The summed E-state index contributed by atoms with van der Waals surface area (Å²) in [7, 11) is 0. The number of aromatic nitrogens is 3. The number of rotatable bonds is 4. The zero-order valence-corrected chi connectivity index (χ0v) is 14.8. The van der Waals surface area contributed by atoms with E-state index in [0.29, 0.717) is 11.1 Å². The Morgan fingerprint density at radius 2 is 1.96 bits per heavy atom. The van der Waals surface area contributed by atoms with Crippen LogP contribution in [-0.4, -0.2) is 46.0 Å². The average molecular weight is 350 g/mol. The quantitative estimate of drug-likeness (QED) is 0.794. The average Bonchev–Trinajstić information content (AvgIpc) is 3.31. The van der Waals surface area contributed by atoms with Crippen LogP contribution in [0.1, 0.15) is 35.3 Å². The lowest BCUT2D eigenvalue weighted by Crippen LogP contribution is -2.46. The maximum atomic E-state index is 6.18. The Labute approximate surface area is 145 Å². The van der Waals surface area contributed by atoms with E-state index in [1.165, 1.54) is 18.5 Å². The summed E-state index contributed by atoms with van der Waals surface area (Å²) >= 11 is 7.91. The largest absolute Gasteiger partial charge is 0.354 e. The molecule has 0 N–H and O–H groups in total. The number of hydrogen-bond donors (Lipinski definition) is 0. The Hall–Kier alpha value is -1.24. The summed E-state index contributed by atoms with van der Waals surface area (Å²) in [5.41, 5.74) is 1.18. The summed E-state index contributed by atoms with van der Waals surface area (Å²) < 4.78 is 0. The van der Waals surface area contributed by atoms with E-state index in [1.807, 2.05) is 6.07 Å². The SMILES string of the molecule is Cc1nc(CN2CCN(c3cc(Cl)nc(C4CC4)n3)CC2)cs1. The van der Waals surface area contributed by atoms with Crippen molar-refractivity contribution in [3.63, 3.8) is 0 Å². The van der Waals surface area contributed by atoms with Gasteiger partial charge in [-0.3, -0.25) is 4.90 Å². The van der Waals surface area contributed by atoms with Crippen LogP contribution >= 0.6 is 22.9 Å². The van der Waals surface area contributed by atoms with Gasteiger partial charge in [-0.15, -0.1) is 11.3 Å². The molecule has 122 valence electrons. The van der Waals surface area contributed by atoms with E-state index in [9.17, 15) is 0 Å². The third-order valence-corrected chi connectivity index (χ3v) is 5.41. The second-order valence-corrected chi connectivity index (χ2v) is 7.75. The summed E-state index contributed by atoms with van der Waals surface area (Å²) in [4.78, 5) is 18.4. The number of thiazole rings is 1. The minimum atomic E-state index is 0.529. The maximum Gasteiger partial charge on any atom is 0.135 e. The summed E-state index contributed by atoms with van der Waals surface area (Å²) in [6.07, 6.45) is 2.39. The Morgan fingerprint density at radius 1 is 1.17 bits per heavy atom. The molecule has 1 aliphatic heterocycles. The maximum absolute atomic E-state index is 6.18. The van der Waals surface area contributed by atoms with Crippen LogP contribution in [0.3, 0.4) is 0 Å². The highest BCUT2D eigenvalue weighted by Gasteiger charge is 2.28. The number of hydrogen-bond acceptors (Lipinski definition) is 6. The second kappa shape index (κ2) is 6.34. The molecular weight excluding hydrogens is 330 g/mol. The fourth-order valence-corrected chi connectivity index (χ4v) is 3.74. The number of aryl methyl sites for hydroxylation is 1. The van der Waals surface area contributed by atoms with Crippen LogP contribution in [0.2, 0.25) is 5.15 Å². The minimum Gasteiger partial charge on any atom is -0.354 e. The molecular formula is C16H20ClN5S. The molecule has 1 saturated carbocycles.